The van der Waals surface area contributed by atoms with E-state index < -0.39 is 10.0 Å². The molecule has 0 saturated carbocycles. The molecule has 0 amide bonds. The molecule has 0 bridgehead atoms. The minimum absolute atomic E-state index is 0.220. The Morgan fingerprint density at radius 3 is 2.62 bits per heavy atom. The summed E-state index contributed by atoms with van der Waals surface area (Å²) < 4.78 is 27.5. The lowest BCUT2D eigenvalue weighted by atomic mass is 10.2. The van der Waals surface area contributed by atoms with Crippen LogP contribution in [0.15, 0.2) is 47.4 Å². The molecule has 6 heteroatoms. The summed E-state index contributed by atoms with van der Waals surface area (Å²) in [6.07, 6.45) is 0. The molecule has 1 heterocycles. The number of hydrogen-bond acceptors (Lipinski definition) is 3. The first-order chi connectivity index (χ1) is 9.95. The first-order valence-corrected chi connectivity index (χ1v) is 7.99. The number of aromatic nitrogens is 2. The van der Waals surface area contributed by atoms with Gasteiger partial charge in [0.1, 0.15) is 0 Å². The van der Waals surface area contributed by atoms with Crippen molar-refractivity contribution in [1.82, 2.24) is 9.97 Å². The number of rotatable bonds is 3. The number of hydrogen-bond donors (Lipinski definition) is 2. The van der Waals surface area contributed by atoms with E-state index in [1.54, 1.807) is 19.1 Å². The second-order valence-corrected chi connectivity index (χ2v) is 6.63. The number of para-hydroxylation sites is 2. The molecule has 2 N–H and O–H groups in total. The van der Waals surface area contributed by atoms with Crippen LogP contribution in [0, 0.1) is 13.8 Å². The van der Waals surface area contributed by atoms with Gasteiger partial charge in [0.2, 0.25) is 5.95 Å². The smallest absolute Gasteiger partial charge is 0.264 e. The van der Waals surface area contributed by atoms with Gasteiger partial charge in [0, 0.05) is 0 Å². The number of anilines is 1. The van der Waals surface area contributed by atoms with Crippen molar-refractivity contribution in [3.8, 4) is 0 Å². The molecular weight excluding hydrogens is 286 g/mol. The average Bonchev–Trinajstić information content (AvgIpc) is 2.82. The van der Waals surface area contributed by atoms with Crippen molar-refractivity contribution in [2.45, 2.75) is 18.7 Å². The number of H-pyrrole nitrogens is 1. The van der Waals surface area contributed by atoms with Gasteiger partial charge in [-0.15, -0.1) is 0 Å². The van der Waals surface area contributed by atoms with E-state index in [2.05, 4.69) is 14.7 Å². The normalized spacial score (nSPS) is 11.7. The predicted octanol–water partition coefficient (Wildman–Crippen LogP) is 2.98. The zero-order valence-electron chi connectivity index (χ0n) is 11.7. The third-order valence-electron chi connectivity index (χ3n) is 3.25. The van der Waals surface area contributed by atoms with Crippen LogP contribution in [0.1, 0.15) is 11.1 Å². The fourth-order valence-electron chi connectivity index (χ4n) is 2.18. The fraction of sp³-hybridized carbons (Fsp3) is 0.133. The first-order valence-electron chi connectivity index (χ1n) is 6.50. The van der Waals surface area contributed by atoms with E-state index in [4.69, 9.17) is 0 Å². The molecule has 0 radical (unpaired) electrons. The number of benzene rings is 2. The van der Waals surface area contributed by atoms with Crippen molar-refractivity contribution in [1.29, 1.82) is 0 Å². The summed E-state index contributed by atoms with van der Waals surface area (Å²) in [7, 11) is -3.66. The maximum absolute atomic E-state index is 12.5. The molecular formula is C15H15N3O2S. The molecule has 1 aromatic heterocycles. The molecule has 5 nitrogen and oxygen atoms in total. The Balaban J connectivity index is 2.01. The molecule has 0 fully saturated rings. The fourth-order valence-corrected chi connectivity index (χ4v) is 3.47. The summed E-state index contributed by atoms with van der Waals surface area (Å²) in [5.41, 5.74) is 3.10. The van der Waals surface area contributed by atoms with E-state index in [0.717, 1.165) is 16.6 Å². The molecule has 21 heavy (non-hydrogen) atoms. The SMILES string of the molecule is Cc1ccc(C)c(S(=O)(=O)Nc2nc3ccccc3[nH]2)c1. The molecule has 0 spiro atoms. The highest BCUT2D eigenvalue weighted by atomic mass is 32.2. The number of aryl methyl sites for hydroxylation is 2. The Bertz CT molecular complexity index is 881. The third-order valence-corrected chi connectivity index (χ3v) is 4.73. The number of aromatic amines is 1. The molecule has 0 atom stereocenters. The van der Waals surface area contributed by atoms with Gasteiger partial charge < -0.3 is 4.98 Å². The predicted molar refractivity (Wildman–Crippen MR) is 82.8 cm³/mol. The maximum atomic E-state index is 12.5. The number of sulfonamides is 1. The zero-order chi connectivity index (χ0) is 15.0. The van der Waals surface area contributed by atoms with Crippen LogP contribution in [0.2, 0.25) is 0 Å². The zero-order valence-corrected chi connectivity index (χ0v) is 12.5. The van der Waals surface area contributed by atoms with Gasteiger partial charge in [0.25, 0.3) is 10.0 Å². The van der Waals surface area contributed by atoms with Crippen LogP contribution in [-0.2, 0) is 10.0 Å². The Labute approximate surface area is 123 Å². The highest BCUT2D eigenvalue weighted by Gasteiger charge is 2.18. The van der Waals surface area contributed by atoms with Crippen molar-refractivity contribution < 1.29 is 8.42 Å². The van der Waals surface area contributed by atoms with Gasteiger partial charge in [-0.2, -0.15) is 0 Å². The topological polar surface area (TPSA) is 74.8 Å². The Hall–Kier alpha value is -2.34. The summed E-state index contributed by atoms with van der Waals surface area (Å²) in [6.45, 7) is 3.63. The van der Waals surface area contributed by atoms with E-state index in [1.165, 1.54) is 0 Å². The lowest BCUT2D eigenvalue weighted by Crippen LogP contribution is -2.15. The van der Waals surface area contributed by atoms with Gasteiger partial charge in [0.05, 0.1) is 15.9 Å². The van der Waals surface area contributed by atoms with E-state index in [9.17, 15) is 8.42 Å². The number of fused-ring (bicyclic) bond motifs is 1. The summed E-state index contributed by atoms with van der Waals surface area (Å²) in [6, 6.07) is 12.7. The summed E-state index contributed by atoms with van der Waals surface area (Å²) in [5, 5.41) is 0. The highest BCUT2D eigenvalue weighted by Crippen LogP contribution is 2.21. The van der Waals surface area contributed by atoms with Gasteiger partial charge in [-0.1, -0.05) is 24.3 Å². The molecule has 0 aliphatic carbocycles. The van der Waals surface area contributed by atoms with E-state index in [0.29, 0.717) is 5.56 Å². The van der Waals surface area contributed by atoms with Gasteiger partial charge in [0.15, 0.2) is 0 Å². The van der Waals surface area contributed by atoms with Crippen LogP contribution in [0.25, 0.3) is 11.0 Å². The van der Waals surface area contributed by atoms with Gasteiger partial charge in [-0.05, 0) is 43.2 Å². The molecule has 0 saturated heterocycles. The standard InChI is InChI=1S/C15H15N3O2S/c1-10-7-8-11(2)14(9-10)21(19,20)18-15-16-12-5-3-4-6-13(12)17-15/h3-9H,1-2H3,(H2,16,17,18). The maximum Gasteiger partial charge on any atom is 0.264 e. The molecule has 0 aliphatic heterocycles. The quantitative estimate of drug-likeness (QED) is 0.781. The Morgan fingerprint density at radius 1 is 1.10 bits per heavy atom. The van der Waals surface area contributed by atoms with Crippen molar-refractivity contribution in [2.75, 3.05) is 4.72 Å². The van der Waals surface area contributed by atoms with E-state index in [1.807, 2.05) is 37.3 Å². The second-order valence-electron chi connectivity index (χ2n) is 4.98. The van der Waals surface area contributed by atoms with Crippen LogP contribution in [-0.4, -0.2) is 18.4 Å². The van der Waals surface area contributed by atoms with Crippen LogP contribution in [0.5, 0.6) is 0 Å². The monoisotopic (exact) mass is 301 g/mol. The highest BCUT2D eigenvalue weighted by molar-refractivity contribution is 7.92. The lowest BCUT2D eigenvalue weighted by Gasteiger charge is -2.09. The molecule has 2 aromatic carbocycles. The van der Waals surface area contributed by atoms with Crippen molar-refractivity contribution >= 4 is 27.0 Å². The van der Waals surface area contributed by atoms with Gasteiger partial charge in [-0.25, -0.2) is 18.1 Å². The largest absolute Gasteiger partial charge is 0.323 e. The first kappa shape index (κ1) is 13.6. The average molecular weight is 301 g/mol. The van der Waals surface area contributed by atoms with Gasteiger partial charge in [-0.3, -0.25) is 0 Å². The van der Waals surface area contributed by atoms with E-state index >= 15 is 0 Å². The minimum atomic E-state index is -3.66. The number of nitrogens with zero attached hydrogens (tertiary/aromatic N) is 1. The molecule has 108 valence electrons. The Kier molecular flexibility index (Phi) is 3.17. The summed E-state index contributed by atoms with van der Waals surface area (Å²) >= 11 is 0. The van der Waals surface area contributed by atoms with Crippen LogP contribution in [0.4, 0.5) is 5.95 Å². The summed E-state index contributed by atoms with van der Waals surface area (Å²) in [5.74, 6) is 0.220. The second kappa shape index (κ2) is 4.89. The van der Waals surface area contributed by atoms with Crippen molar-refractivity contribution in [2.24, 2.45) is 0 Å². The van der Waals surface area contributed by atoms with Gasteiger partial charge >= 0.3 is 0 Å². The summed E-state index contributed by atoms with van der Waals surface area (Å²) in [4.78, 5) is 7.45. The van der Waals surface area contributed by atoms with Crippen LogP contribution in [0.3, 0.4) is 0 Å². The molecule has 3 rings (SSSR count). The van der Waals surface area contributed by atoms with Crippen LogP contribution < -0.4 is 4.72 Å². The molecule has 3 aromatic rings. The molecule has 0 aliphatic rings. The lowest BCUT2D eigenvalue weighted by molar-refractivity contribution is 0.600. The number of nitrogens with one attached hydrogen (secondary N) is 2. The van der Waals surface area contributed by atoms with Crippen molar-refractivity contribution in [3.63, 3.8) is 0 Å². The van der Waals surface area contributed by atoms with Crippen molar-refractivity contribution in [3.05, 3.63) is 53.6 Å². The van der Waals surface area contributed by atoms with E-state index in [-0.39, 0.29) is 10.8 Å². The number of imidazole rings is 1. The minimum Gasteiger partial charge on any atom is -0.323 e. The molecule has 0 unspecified atom stereocenters. The van der Waals surface area contributed by atoms with Crippen LogP contribution >= 0.6 is 0 Å². The Morgan fingerprint density at radius 2 is 1.86 bits per heavy atom. The third kappa shape index (κ3) is 2.62.